The minimum Gasteiger partial charge on any atom is -0.287 e. The van der Waals surface area contributed by atoms with E-state index < -0.39 is 0 Å². The summed E-state index contributed by atoms with van der Waals surface area (Å²) in [5.74, 6) is 0.910. The molecule has 0 spiro atoms. The van der Waals surface area contributed by atoms with Gasteiger partial charge in [-0.15, -0.1) is 11.3 Å². The van der Waals surface area contributed by atoms with Crippen LogP contribution in [0.4, 0.5) is 0 Å². The number of thiazole rings is 1. The van der Waals surface area contributed by atoms with Crippen molar-refractivity contribution < 1.29 is 0 Å². The predicted molar refractivity (Wildman–Crippen MR) is 119 cm³/mol. The fourth-order valence-electron chi connectivity index (χ4n) is 2.97. The number of hydrogen-bond donors (Lipinski definition) is 0. The molecule has 3 aromatic heterocycles. The zero-order valence-electron chi connectivity index (χ0n) is 16.0. The molecule has 0 atom stereocenters. The number of nitrogens with zero attached hydrogens (tertiary/aromatic N) is 4. The second kappa shape index (κ2) is 8.30. The van der Waals surface area contributed by atoms with Gasteiger partial charge in [-0.25, -0.2) is 9.97 Å². The molecule has 6 nitrogen and oxygen atoms in total. The van der Waals surface area contributed by atoms with E-state index in [4.69, 9.17) is 16.6 Å². The molecule has 0 radical (unpaired) electrons. The summed E-state index contributed by atoms with van der Waals surface area (Å²) in [6.45, 7) is 4.84. The van der Waals surface area contributed by atoms with Gasteiger partial charge in [-0.05, 0) is 30.5 Å². The van der Waals surface area contributed by atoms with E-state index in [1.807, 2.05) is 5.38 Å². The molecule has 0 amide bonds. The Bertz CT molecular complexity index is 1310. The molecule has 0 saturated carbocycles. The standard InChI is InChI=1S/C20H19ClN4O2S2/c1-12(2)5-6-25-18(27)15-4-3-13(21)9-16(15)23-20(25)29-11-14-10-17(26)24-7-8-28-19(24)22-14/h3-4,7-10,12H,5-6,11H2,1-2H3. The summed E-state index contributed by atoms with van der Waals surface area (Å²) in [5, 5.41) is 3.54. The van der Waals surface area contributed by atoms with Crippen LogP contribution in [0.2, 0.25) is 5.02 Å². The van der Waals surface area contributed by atoms with E-state index >= 15 is 0 Å². The van der Waals surface area contributed by atoms with E-state index in [1.165, 1.54) is 33.6 Å². The van der Waals surface area contributed by atoms with Crippen molar-refractivity contribution in [2.45, 2.75) is 37.7 Å². The van der Waals surface area contributed by atoms with E-state index in [0.717, 1.165) is 6.42 Å². The number of aromatic nitrogens is 4. The number of fused-ring (bicyclic) bond motifs is 2. The lowest BCUT2D eigenvalue weighted by Crippen LogP contribution is -2.24. The molecule has 0 saturated heterocycles. The lowest BCUT2D eigenvalue weighted by Gasteiger charge is -2.14. The van der Waals surface area contributed by atoms with Gasteiger partial charge >= 0.3 is 0 Å². The fourth-order valence-corrected chi connectivity index (χ4v) is 4.79. The molecular formula is C20H19ClN4O2S2. The molecule has 0 fully saturated rings. The Labute approximate surface area is 180 Å². The van der Waals surface area contributed by atoms with Crippen molar-refractivity contribution in [2.75, 3.05) is 0 Å². The van der Waals surface area contributed by atoms with Crippen LogP contribution in [-0.4, -0.2) is 18.9 Å². The summed E-state index contributed by atoms with van der Waals surface area (Å²) < 4.78 is 3.24. The molecule has 29 heavy (non-hydrogen) atoms. The lowest BCUT2D eigenvalue weighted by molar-refractivity contribution is 0.481. The molecule has 9 heteroatoms. The molecule has 0 unspecified atom stereocenters. The smallest absolute Gasteiger partial charge is 0.262 e. The van der Waals surface area contributed by atoms with Crippen LogP contribution in [0.15, 0.2) is 50.6 Å². The maximum atomic E-state index is 13.1. The Balaban J connectivity index is 1.72. The van der Waals surface area contributed by atoms with Crippen molar-refractivity contribution in [3.05, 3.63) is 67.3 Å². The summed E-state index contributed by atoms with van der Waals surface area (Å²) in [7, 11) is 0. The van der Waals surface area contributed by atoms with Gasteiger partial charge in [0, 0.05) is 35.0 Å². The third-order valence-corrected chi connectivity index (χ3v) is 6.52. The number of rotatable bonds is 6. The Kier molecular flexibility index (Phi) is 5.76. The summed E-state index contributed by atoms with van der Waals surface area (Å²) in [4.78, 5) is 35.2. The average molecular weight is 447 g/mol. The zero-order valence-corrected chi connectivity index (χ0v) is 18.4. The zero-order chi connectivity index (χ0) is 20.5. The number of thioether (sulfide) groups is 1. The van der Waals surface area contributed by atoms with Gasteiger partial charge in [0.2, 0.25) is 0 Å². The molecule has 0 aliphatic heterocycles. The van der Waals surface area contributed by atoms with Crippen molar-refractivity contribution in [1.29, 1.82) is 0 Å². The predicted octanol–water partition coefficient (Wildman–Crippen LogP) is 4.46. The highest BCUT2D eigenvalue weighted by Gasteiger charge is 2.14. The van der Waals surface area contributed by atoms with Crippen LogP contribution in [0.25, 0.3) is 15.9 Å². The maximum absolute atomic E-state index is 13.1. The van der Waals surface area contributed by atoms with Gasteiger partial charge in [0.25, 0.3) is 11.1 Å². The molecule has 0 aliphatic rings. The average Bonchev–Trinajstić information content (AvgIpc) is 3.14. The first-order chi connectivity index (χ1) is 13.9. The largest absolute Gasteiger partial charge is 0.287 e. The Morgan fingerprint density at radius 2 is 2.03 bits per heavy atom. The van der Waals surface area contributed by atoms with Gasteiger partial charge in [0.1, 0.15) is 0 Å². The van der Waals surface area contributed by atoms with E-state index in [1.54, 1.807) is 29.0 Å². The van der Waals surface area contributed by atoms with Crippen LogP contribution >= 0.6 is 34.7 Å². The SMILES string of the molecule is CC(C)CCn1c(SCc2cc(=O)n3ccsc3n2)nc2cc(Cl)ccc2c1=O. The first-order valence-electron chi connectivity index (χ1n) is 9.21. The van der Waals surface area contributed by atoms with Crippen LogP contribution in [-0.2, 0) is 12.3 Å². The highest BCUT2D eigenvalue weighted by molar-refractivity contribution is 7.98. The first-order valence-corrected chi connectivity index (χ1v) is 11.5. The Morgan fingerprint density at radius 3 is 2.83 bits per heavy atom. The molecule has 0 bridgehead atoms. The lowest BCUT2D eigenvalue weighted by atomic mass is 10.1. The van der Waals surface area contributed by atoms with E-state index in [0.29, 0.717) is 50.0 Å². The molecule has 0 N–H and O–H groups in total. The van der Waals surface area contributed by atoms with Crippen molar-refractivity contribution >= 4 is 50.6 Å². The van der Waals surface area contributed by atoms with Gasteiger partial charge in [0.15, 0.2) is 10.1 Å². The van der Waals surface area contributed by atoms with Crippen molar-refractivity contribution in [3.8, 4) is 0 Å². The molecule has 3 heterocycles. The maximum Gasteiger partial charge on any atom is 0.262 e. The van der Waals surface area contributed by atoms with Crippen molar-refractivity contribution in [3.63, 3.8) is 0 Å². The monoisotopic (exact) mass is 446 g/mol. The number of hydrogen-bond acceptors (Lipinski definition) is 6. The van der Waals surface area contributed by atoms with Crippen LogP contribution in [0, 0.1) is 5.92 Å². The van der Waals surface area contributed by atoms with E-state index in [9.17, 15) is 9.59 Å². The molecule has 4 aromatic rings. The van der Waals surface area contributed by atoms with E-state index in [-0.39, 0.29) is 11.1 Å². The van der Waals surface area contributed by atoms with Gasteiger partial charge in [0.05, 0.1) is 16.6 Å². The van der Waals surface area contributed by atoms with Gasteiger partial charge < -0.3 is 0 Å². The number of benzene rings is 1. The topological polar surface area (TPSA) is 69.3 Å². The normalized spacial score (nSPS) is 11.7. The number of halogens is 1. The minimum atomic E-state index is -0.109. The van der Waals surface area contributed by atoms with Gasteiger partial charge in [-0.3, -0.25) is 18.6 Å². The second-order valence-electron chi connectivity index (χ2n) is 7.13. The second-order valence-corrected chi connectivity index (χ2v) is 9.38. The Morgan fingerprint density at radius 1 is 1.21 bits per heavy atom. The molecule has 1 aromatic carbocycles. The summed E-state index contributed by atoms with van der Waals surface area (Å²) in [6.07, 6.45) is 2.58. The Hall–Kier alpha value is -2.16. The van der Waals surface area contributed by atoms with Gasteiger partial charge in [-0.2, -0.15) is 0 Å². The van der Waals surface area contributed by atoms with Crippen molar-refractivity contribution in [1.82, 2.24) is 18.9 Å². The van der Waals surface area contributed by atoms with Gasteiger partial charge in [-0.1, -0.05) is 37.2 Å². The molecule has 150 valence electrons. The summed E-state index contributed by atoms with van der Waals surface area (Å²) >= 11 is 8.92. The molecule has 4 rings (SSSR count). The third kappa shape index (κ3) is 4.24. The fraction of sp³-hybridized carbons (Fsp3) is 0.300. The van der Waals surface area contributed by atoms with E-state index in [2.05, 4.69) is 18.8 Å². The quantitative estimate of drug-likeness (QED) is 0.323. The van der Waals surface area contributed by atoms with Crippen LogP contribution in [0.5, 0.6) is 0 Å². The molecular weight excluding hydrogens is 428 g/mol. The third-order valence-electron chi connectivity index (χ3n) is 4.52. The van der Waals surface area contributed by atoms with Crippen LogP contribution in [0.1, 0.15) is 26.0 Å². The van der Waals surface area contributed by atoms with Crippen LogP contribution in [0.3, 0.4) is 0 Å². The molecule has 0 aliphatic carbocycles. The first kappa shape index (κ1) is 20.1. The highest BCUT2D eigenvalue weighted by atomic mass is 35.5. The van der Waals surface area contributed by atoms with Crippen LogP contribution < -0.4 is 11.1 Å². The summed E-state index contributed by atoms with van der Waals surface area (Å²) in [6, 6.07) is 6.67. The highest BCUT2D eigenvalue weighted by Crippen LogP contribution is 2.24. The minimum absolute atomic E-state index is 0.0726. The van der Waals surface area contributed by atoms with Crippen molar-refractivity contribution in [2.24, 2.45) is 5.92 Å². The summed E-state index contributed by atoms with van der Waals surface area (Å²) in [5.41, 5.74) is 1.06.